The minimum atomic E-state index is 1.11. The molecular weight excluding hydrogens is 288 g/mol. The lowest BCUT2D eigenvalue weighted by Crippen LogP contribution is -1.68. The first-order valence-electron chi connectivity index (χ1n) is 3.10. The second-order valence-corrected chi connectivity index (χ2v) is 4.79. The van der Waals surface area contributed by atoms with Gasteiger partial charge in [-0.2, -0.15) is 0 Å². The Kier molecular flexibility index (Phi) is 2.04. The van der Waals surface area contributed by atoms with Crippen molar-refractivity contribution in [2.24, 2.45) is 0 Å². The van der Waals surface area contributed by atoms with Crippen LogP contribution in [-0.2, 0) is 0 Å². The van der Waals surface area contributed by atoms with Crippen LogP contribution in [0, 0.1) is 0 Å². The van der Waals surface area contributed by atoms with Gasteiger partial charge >= 0.3 is 0 Å². The van der Waals surface area contributed by atoms with E-state index in [0.29, 0.717) is 0 Å². The number of thiophene rings is 1. The molecule has 11 heavy (non-hydrogen) atoms. The third kappa shape index (κ3) is 1.25. The van der Waals surface area contributed by atoms with Crippen LogP contribution in [0.3, 0.4) is 0 Å². The molecule has 3 heteroatoms. The van der Waals surface area contributed by atoms with E-state index in [9.17, 15) is 0 Å². The Balaban J connectivity index is 2.93. The molecule has 0 saturated heterocycles. The summed E-state index contributed by atoms with van der Waals surface area (Å²) in [5.74, 6) is 0. The van der Waals surface area contributed by atoms with Gasteiger partial charge in [0.1, 0.15) is 0 Å². The highest BCUT2D eigenvalue weighted by molar-refractivity contribution is 9.13. The van der Waals surface area contributed by atoms with E-state index in [2.05, 4.69) is 55.4 Å². The zero-order valence-electron chi connectivity index (χ0n) is 5.47. The summed E-state index contributed by atoms with van der Waals surface area (Å²) in [4.78, 5) is 0. The number of hydrogen-bond acceptors (Lipinski definition) is 1. The first-order chi connectivity index (χ1) is 5.29. The fourth-order valence-electron chi connectivity index (χ4n) is 0.982. The number of rotatable bonds is 0. The molecular formula is C8H4Br2S. The predicted octanol–water partition coefficient (Wildman–Crippen LogP) is 4.43. The Morgan fingerprint density at radius 1 is 1.09 bits per heavy atom. The number of halogens is 2. The van der Waals surface area contributed by atoms with E-state index in [1.165, 1.54) is 10.1 Å². The summed E-state index contributed by atoms with van der Waals surface area (Å²) >= 11 is 8.74. The van der Waals surface area contributed by atoms with Crippen LogP contribution in [0.2, 0.25) is 0 Å². The SMILES string of the molecule is Brc1ccc2sccc2c1Br. The molecule has 1 aromatic carbocycles. The Labute approximate surface area is 85.5 Å². The van der Waals surface area contributed by atoms with Gasteiger partial charge in [-0.15, -0.1) is 11.3 Å². The van der Waals surface area contributed by atoms with E-state index < -0.39 is 0 Å². The van der Waals surface area contributed by atoms with E-state index in [4.69, 9.17) is 0 Å². The molecule has 0 aliphatic heterocycles. The monoisotopic (exact) mass is 290 g/mol. The Morgan fingerprint density at radius 2 is 1.91 bits per heavy atom. The van der Waals surface area contributed by atoms with Gasteiger partial charge in [-0.1, -0.05) is 0 Å². The van der Waals surface area contributed by atoms with Crippen LogP contribution in [0.4, 0.5) is 0 Å². The zero-order chi connectivity index (χ0) is 7.84. The van der Waals surface area contributed by atoms with Crippen molar-refractivity contribution in [2.75, 3.05) is 0 Å². The molecule has 0 fully saturated rings. The molecule has 0 aliphatic carbocycles. The molecule has 0 bridgehead atoms. The molecule has 0 unspecified atom stereocenters. The zero-order valence-corrected chi connectivity index (χ0v) is 9.46. The normalized spacial score (nSPS) is 10.7. The number of benzene rings is 1. The van der Waals surface area contributed by atoms with E-state index in [-0.39, 0.29) is 0 Å². The fourth-order valence-corrected chi connectivity index (χ4v) is 2.73. The van der Waals surface area contributed by atoms with Crippen LogP contribution >= 0.6 is 43.2 Å². The average Bonchev–Trinajstić information content (AvgIpc) is 2.45. The van der Waals surface area contributed by atoms with Crippen molar-refractivity contribution < 1.29 is 0 Å². The van der Waals surface area contributed by atoms with Crippen molar-refractivity contribution in [1.29, 1.82) is 0 Å². The lowest BCUT2D eigenvalue weighted by atomic mass is 10.3. The van der Waals surface area contributed by atoms with Crippen molar-refractivity contribution in [1.82, 2.24) is 0 Å². The summed E-state index contributed by atoms with van der Waals surface area (Å²) in [7, 11) is 0. The van der Waals surface area contributed by atoms with Gasteiger partial charge in [0.05, 0.1) is 0 Å². The highest BCUT2D eigenvalue weighted by atomic mass is 79.9. The molecule has 56 valence electrons. The Hall–Kier alpha value is 0.140. The minimum absolute atomic E-state index is 1.11. The molecule has 1 aromatic heterocycles. The summed E-state index contributed by atoms with van der Waals surface area (Å²) < 4.78 is 3.58. The topological polar surface area (TPSA) is 0 Å². The first-order valence-corrected chi connectivity index (χ1v) is 5.57. The summed E-state index contributed by atoms with van der Waals surface area (Å²) in [5.41, 5.74) is 0. The molecule has 2 rings (SSSR count). The highest BCUT2D eigenvalue weighted by Crippen LogP contribution is 2.33. The second-order valence-electron chi connectivity index (χ2n) is 2.19. The van der Waals surface area contributed by atoms with Crippen LogP contribution < -0.4 is 0 Å². The largest absolute Gasteiger partial charge is 0.144 e. The van der Waals surface area contributed by atoms with Crippen molar-refractivity contribution in [3.8, 4) is 0 Å². The summed E-state index contributed by atoms with van der Waals surface area (Å²) in [6, 6.07) is 6.30. The molecule has 0 N–H and O–H groups in total. The third-order valence-electron chi connectivity index (χ3n) is 1.52. The standard InChI is InChI=1S/C8H4Br2S/c9-6-1-2-7-5(8(6)10)3-4-11-7/h1-4H. The molecule has 0 atom stereocenters. The van der Waals surface area contributed by atoms with E-state index >= 15 is 0 Å². The van der Waals surface area contributed by atoms with Gasteiger partial charge in [0.25, 0.3) is 0 Å². The van der Waals surface area contributed by atoms with Crippen LogP contribution in [0.25, 0.3) is 10.1 Å². The van der Waals surface area contributed by atoms with Crippen molar-refractivity contribution in [3.63, 3.8) is 0 Å². The molecule has 0 radical (unpaired) electrons. The molecule has 0 spiro atoms. The van der Waals surface area contributed by atoms with Crippen molar-refractivity contribution in [3.05, 3.63) is 32.5 Å². The van der Waals surface area contributed by atoms with Gasteiger partial charge in [-0.25, -0.2) is 0 Å². The van der Waals surface area contributed by atoms with Crippen LogP contribution in [-0.4, -0.2) is 0 Å². The van der Waals surface area contributed by atoms with Crippen LogP contribution in [0.15, 0.2) is 32.5 Å². The van der Waals surface area contributed by atoms with Gasteiger partial charge in [0, 0.05) is 19.0 Å². The molecule has 0 amide bonds. The average molecular weight is 292 g/mol. The summed E-state index contributed by atoms with van der Waals surface area (Å²) in [5, 5.41) is 3.38. The minimum Gasteiger partial charge on any atom is -0.144 e. The van der Waals surface area contributed by atoms with Crippen molar-refractivity contribution >= 4 is 53.3 Å². The molecule has 0 aliphatic rings. The maximum Gasteiger partial charge on any atom is 0.0404 e. The molecule has 1 heterocycles. The van der Waals surface area contributed by atoms with Gasteiger partial charge in [0.2, 0.25) is 0 Å². The smallest absolute Gasteiger partial charge is 0.0404 e. The predicted molar refractivity (Wildman–Crippen MR) is 57.2 cm³/mol. The molecule has 2 aromatic rings. The quantitative estimate of drug-likeness (QED) is 0.674. The summed E-state index contributed by atoms with van der Waals surface area (Å²) in [6.07, 6.45) is 0. The van der Waals surface area contributed by atoms with E-state index in [0.717, 1.165) is 8.95 Å². The van der Waals surface area contributed by atoms with Gasteiger partial charge in [0.15, 0.2) is 0 Å². The third-order valence-corrected chi connectivity index (χ3v) is 4.45. The first kappa shape index (κ1) is 7.77. The number of hydrogen-bond donors (Lipinski definition) is 0. The lowest BCUT2D eigenvalue weighted by molar-refractivity contribution is 1.70. The second kappa shape index (κ2) is 2.88. The molecule has 0 saturated carbocycles. The van der Waals surface area contributed by atoms with Gasteiger partial charge < -0.3 is 0 Å². The summed E-state index contributed by atoms with van der Waals surface area (Å²) in [6.45, 7) is 0. The maximum absolute atomic E-state index is 3.52. The molecule has 0 nitrogen and oxygen atoms in total. The fraction of sp³-hybridized carbons (Fsp3) is 0. The van der Waals surface area contributed by atoms with Crippen LogP contribution in [0.5, 0.6) is 0 Å². The van der Waals surface area contributed by atoms with Gasteiger partial charge in [-0.3, -0.25) is 0 Å². The Morgan fingerprint density at radius 3 is 2.73 bits per heavy atom. The number of fused-ring (bicyclic) bond motifs is 1. The van der Waals surface area contributed by atoms with E-state index in [1.807, 2.05) is 0 Å². The maximum atomic E-state index is 3.52. The Bertz CT molecular complexity index is 392. The highest BCUT2D eigenvalue weighted by Gasteiger charge is 2.02. The van der Waals surface area contributed by atoms with Crippen molar-refractivity contribution in [2.45, 2.75) is 0 Å². The van der Waals surface area contributed by atoms with E-state index in [1.54, 1.807) is 11.3 Å². The lowest BCUT2D eigenvalue weighted by Gasteiger charge is -1.95. The van der Waals surface area contributed by atoms with Gasteiger partial charge in [-0.05, 0) is 55.4 Å². The van der Waals surface area contributed by atoms with Crippen LogP contribution in [0.1, 0.15) is 0 Å².